The van der Waals surface area contributed by atoms with Crippen LogP contribution in [0, 0.1) is 0 Å². The number of aromatic nitrogens is 2. The molecule has 1 aromatic heterocycles. The van der Waals surface area contributed by atoms with E-state index in [1.165, 1.54) is 0 Å². The third-order valence-electron chi connectivity index (χ3n) is 5.40. The first-order chi connectivity index (χ1) is 16.1. The van der Waals surface area contributed by atoms with Gasteiger partial charge in [0, 0.05) is 41.5 Å². The molecule has 0 aliphatic carbocycles. The van der Waals surface area contributed by atoms with Gasteiger partial charge in [-0.1, -0.05) is 77.5 Å². The van der Waals surface area contributed by atoms with Crippen LogP contribution in [0.2, 0.25) is 0 Å². The highest BCUT2D eigenvalue weighted by Gasteiger charge is 2.16. The maximum atomic E-state index is 12.6. The first-order valence-electron chi connectivity index (χ1n) is 11.2. The van der Waals surface area contributed by atoms with Gasteiger partial charge >= 0.3 is 0 Å². The van der Waals surface area contributed by atoms with Crippen LogP contribution in [0.25, 0.3) is 22.3 Å². The molecule has 6 heteroatoms. The van der Waals surface area contributed by atoms with E-state index in [2.05, 4.69) is 33.1 Å². The second-order valence-corrected chi connectivity index (χ2v) is 8.81. The molecule has 0 saturated heterocycles. The Labute approximate surface area is 203 Å². The monoisotopic (exact) mass is 502 g/mol. The highest BCUT2D eigenvalue weighted by Crippen LogP contribution is 2.29. The van der Waals surface area contributed by atoms with E-state index in [0.29, 0.717) is 25.3 Å². The lowest BCUT2D eigenvalue weighted by molar-refractivity contribution is -0.121. The van der Waals surface area contributed by atoms with Crippen molar-refractivity contribution < 1.29 is 4.79 Å². The predicted molar refractivity (Wildman–Crippen MR) is 138 cm³/mol. The Bertz CT molecular complexity index is 1230. The Morgan fingerprint density at radius 3 is 2.52 bits per heavy atom. The van der Waals surface area contributed by atoms with Crippen LogP contribution in [0.3, 0.4) is 0 Å². The Hall–Kier alpha value is -3.25. The number of hydrogen-bond donors (Lipinski definition) is 1. The molecule has 0 fully saturated rings. The quantitative estimate of drug-likeness (QED) is 0.305. The van der Waals surface area contributed by atoms with Crippen LogP contribution in [0.15, 0.2) is 83.3 Å². The van der Waals surface area contributed by atoms with Crippen LogP contribution >= 0.6 is 15.9 Å². The van der Waals surface area contributed by atoms with E-state index in [0.717, 1.165) is 45.3 Å². The van der Waals surface area contributed by atoms with E-state index in [-0.39, 0.29) is 5.91 Å². The molecule has 0 aliphatic heterocycles. The third kappa shape index (κ3) is 5.96. The number of fused-ring (bicyclic) bond motifs is 1. The molecule has 5 nitrogen and oxygen atoms in total. The summed E-state index contributed by atoms with van der Waals surface area (Å²) in [6.45, 7) is 4.08. The number of nitrogens with zero attached hydrogens (tertiary/aromatic N) is 3. The largest absolute Gasteiger partial charge is 0.355 e. The maximum Gasteiger partial charge on any atom is 0.222 e. The maximum absolute atomic E-state index is 12.6. The van der Waals surface area contributed by atoms with Gasteiger partial charge in [-0.3, -0.25) is 4.79 Å². The fraction of sp³-hybridized carbons (Fsp3) is 0.222. The molecule has 0 radical (unpaired) electrons. The Kier molecular flexibility index (Phi) is 7.68. The number of nitrogens with one attached hydrogen (secondary N) is 1. The molecular weight excluding hydrogens is 476 g/mol. The minimum absolute atomic E-state index is 0.0329. The number of rotatable bonds is 9. The summed E-state index contributed by atoms with van der Waals surface area (Å²) in [4.78, 5) is 24.5. The Morgan fingerprint density at radius 1 is 0.939 bits per heavy atom. The summed E-state index contributed by atoms with van der Waals surface area (Å²) >= 11 is 3.54. The predicted octanol–water partition coefficient (Wildman–Crippen LogP) is 5.98. The highest BCUT2D eigenvalue weighted by atomic mass is 79.9. The Morgan fingerprint density at radius 2 is 1.73 bits per heavy atom. The molecule has 1 amide bonds. The second kappa shape index (κ2) is 11.1. The standard InChI is InChI=1S/C27H27BrN4O/c1-2-16-32(17-15-25(33)29-19-20-9-4-3-5-10-20)27-23-13-6-7-14-24(23)30-26(31-27)21-11-8-12-22(28)18-21/h3-14,18H,2,15-17,19H2,1H3,(H,29,33). The smallest absolute Gasteiger partial charge is 0.222 e. The minimum Gasteiger partial charge on any atom is -0.355 e. The lowest BCUT2D eigenvalue weighted by Crippen LogP contribution is -2.32. The van der Waals surface area contributed by atoms with Gasteiger partial charge in [0.05, 0.1) is 5.52 Å². The summed E-state index contributed by atoms with van der Waals surface area (Å²) in [5.74, 6) is 1.58. The zero-order valence-corrected chi connectivity index (χ0v) is 20.3. The van der Waals surface area contributed by atoms with Crippen molar-refractivity contribution in [1.82, 2.24) is 15.3 Å². The first-order valence-corrected chi connectivity index (χ1v) is 12.0. The summed E-state index contributed by atoms with van der Waals surface area (Å²) in [5, 5.41) is 4.02. The van der Waals surface area contributed by atoms with Crippen LogP contribution in [-0.4, -0.2) is 29.0 Å². The van der Waals surface area contributed by atoms with E-state index >= 15 is 0 Å². The van der Waals surface area contributed by atoms with Gasteiger partial charge in [0.25, 0.3) is 0 Å². The molecule has 0 unspecified atom stereocenters. The number of amides is 1. The summed E-state index contributed by atoms with van der Waals surface area (Å²) in [6, 6.07) is 26.0. The third-order valence-corrected chi connectivity index (χ3v) is 5.89. The zero-order chi connectivity index (χ0) is 23.0. The minimum atomic E-state index is 0.0329. The van der Waals surface area contributed by atoms with E-state index in [1.807, 2.05) is 78.9 Å². The SMILES string of the molecule is CCCN(CCC(=O)NCc1ccccc1)c1nc(-c2cccc(Br)c2)nc2ccccc12. The molecule has 168 valence electrons. The van der Waals surface area contributed by atoms with E-state index in [9.17, 15) is 4.79 Å². The molecule has 3 aromatic carbocycles. The lowest BCUT2D eigenvalue weighted by atomic mass is 10.1. The fourth-order valence-corrected chi connectivity index (χ4v) is 4.17. The van der Waals surface area contributed by atoms with Gasteiger partial charge in [-0.05, 0) is 36.2 Å². The Balaban J connectivity index is 1.57. The van der Waals surface area contributed by atoms with Crippen molar-refractivity contribution in [3.63, 3.8) is 0 Å². The van der Waals surface area contributed by atoms with Crippen LogP contribution in [0.1, 0.15) is 25.3 Å². The van der Waals surface area contributed by atoms with E-state index in [4.69, 9.17) is 9.97 Å². The molecule has 1 heterocycles. The lowest BCUT2D eigenvalue weighted by Gasteiger charge is -2.25. The number of hydrogen-bond acceptors (Lipinski definition) is 4. The van der Waals surface area contributed by atoms with Crippen molar-refractivity contribution in [2.45, 2.75) is 26.3 Å². The summed E-state index contributed by atoms with van der Waals surface area (Å²) in [5.41, 5.74) is 2.94. The van der Waals surface area contributed by atoms with Crippen molar-refractivity contribution in [3.8, 4) is 11.4 Å². The van der Waals surface area contributed by atoms with Gasteiger partial charge in [0.15, 0.2) is 5.82 Å². The first kappa shape index (κ1) is 22.9. The van der Waals surface area contributed by atoms with Crippen molar-refractivity contribution in [2.75, 3.05) is 18.0 Å². The molecule has 0 aliphatic rings. The summed E-state index contributed by atoms with van der Waals surface area (Å²) < 4.78 is 0.985. The van der Waals surface area contributed by atoms with Crippen molar-refractivity contribution in [3.05, 3.63) is 88.9 Å². The van der Waals surface area contributed by atoms with Crippen LogP contribution < -0.4 is 10.2 Å². The number of benzene rings is 3. The normalized spacial score (nSPS) is 10.8. The van der Waals surface area contributed by atoms with Crippen LogP contribution in [0.5, 0.6) is 0 Å². The number of halogens is 1. The van der Waals surface area contributed by atoms with E-state index < -0.39 is 0 Å². The summed E-state index contributed by atoms with van der Waals surface area (Å²) in [7, 11) is 0. The molecule has 0 saturated carbocycles. The molecular formula is C27H27BrN4O. The highest BCUT2D eigenvalue weighted by molar-refractivity contribution is 9.10. The van der Waals surface area contributed by atoms with Crippen molar-refractivity contribution in [2.24, 2.45) is 0 Å². The molecule has 33 heavy (non-hydrogen) atoms. The second-order valence-electron chi connectivity index (χ2n) is 7.90. The molecule has 0 bridgehead atoms. The average Bonchev–Trinajstić information content (AvgIpc) is 2.85. The molecule has 0 spiro atoms. The van der Waals surface area contributed by atoms with Gasteiger partial charge in [-0.2, -0.15) is 0 Å². The average molecular weight is 503 g/mol. The van der Waals surface area contributed by atoms with Gasteiger partial charge in [-0.15, -0.1) is 0 Å². The van der Waals surface area contributed by atoms with E-state index in [1.54, 1.807) is 0 Å². The van der Waals surface area contributed by atoms with Crippen LogP contribution in [0.4, 0.5) is 5.82 Å². The van der Waals surface area contributed by atoms with Crippen LogP contribution in [-0.2, 0) is 11.3 Å². The number of carbonyl (C=O) groups is 1. The van der Waals surface area contributed by atoms with Gasteiger partial charge < -0.3 is 10.2 Å². The topological polar surface area (TPSA) is 58.1 Å². The molecule has 4 rings (SSSR count). The van der Waals surface area contributed by atoms with Crippen molar-refractivity contribution >= 4 is 38.6 Å². The van der Waals surface area contributed by atoms with Gasteiger partial charge in [0.2, 0.25) is 5.91 Å². The molecule has 0 atom stereocenters. The van der Waals surface area contributed by atoms with Crippen molar-refractivity contribution in [1.29, 1.82) is 0 Å². The molecule has 4 aromatic rings. The van der Waals surface area contributed by atoms with Gasteiger partial charge in [-0.25, -0.2) is 9.97 Å². The number of anilines is 1. The summed E-state index contributed by atoms with van der Waals surface area (Å²) in [6.07, 6.45) is 1.35. The number of carbonyl (C=O) groups excluding carboxylic acids is 1. The zero-order valence-electron chi connectivity index (χ0n) is 18.7. The van der Waals surface area contributed by atoms with Gasteiger partial charge in [0.1, 0.15) is 5.82 Å². The number of para-hydroxylation sites is 1. The molecule has 1 N–H and O–H groups in total. The fourth-order valence-electron chi connectivity index (χ4n) is 3.77.